The highest BCUT2D eigenvalue weighted by atomic mass is 35.5. The van der Waals surface area contributed by atoms with E-state index in [0.717, 1.165) is 0 Å². The Morgan fingerprint density at radius 3 is 1.00 bits per heavy atom. The second kappa shape index (κ2) is 6.31. The lowest BCUT2D eigenvalue weighted by molar-refractivity contribution is -0.159. The largest absolute Gasteiger partial charge is 0.475 e. The monoisotopic (exact) mass is 190 g/mol. The minimum Gasteiger partial charge on any atom is -0.475 e. The summed E-state index contributed by atoms with van der Waals surface area (Å²) in [6.45, 7) is 0. The van der Waals surface area contributed by atoms with Gasteiger partial charge in [-0.3, -0.25) is 4.79 Å². The molecule has 10 heavy (non-hydrogen) atoms. The van der Waals surface area contributed by atoms with Crippen molar-refractivity contribution in [1.82, 2.24) is 0 Å². The second-order valence-corrected chi connectivity index (χ2v) is 0.939. The lowest BCUT2D eigenvalue weighted by Gasteiger charge is -1.80. The summed E-state index contributed by atoms with van der Waals surface area (Å²) < 4.78 is 0. The standard InChI is InChI=1S/C3H2O5.2ClH/c4-1(2(5)6)3(7)8;;/h(H,5,6)(H,7,8);2*1H. The normalized spacial score (nSPS) is 6.40. The van der Waals surface area contributed by atoms with E-state index in [0.29, 0.717) is 0 Å². The van der Waals surface area contributed by atoms with E-state index in [2.05, 4.69) is 0 Å². The molecule has 0 unspecified atom stereocenters. The zero-order valence-electron chi connectivity index (χ0n) is 4.44. The van der Waals surface area contributed by atoms with E-state index < -0.39 is 17.7 Å². The fourth-order valence-corrected chi connectivity index (χ4v) is 0.0915. The number of aliphatic carboxylic acids is 2. The summed E-state index contributed by atoms with van der Waals surface area (Å²) in [5.41, 5.74) is 0. The molecule has 0 spiro atoms. The third kappa shape index (κ3) is 5.33. The topological polar surface area (TPSA) is 91.7 Å². The first kappa shape index (κ1) is 16.1. The van der Waals surface area contributed by atoms with Crippen LogP contribution >= 0.6 is 24.8 Å². The molecular weight excluding hydrogens is 187 g/mol. The number of Topliss-reactive ketones (excluding diaryl/α,β-unsaturated/α-hetero) is 1. The van der Waals surface area contributed by atoms with Gasteiger partial charge in [-0.15, -0.1) is 24.8 Å². The highest BCUT2D eigenvalue weighted by molar-refractivity contribution is 6.59. The number of hydrogen-bond acceptors (Lipinski definition) is 3. The van der Waals surface area contributed by atoms with Crippen LogP contribution in [-0.2, 0) is 14.4 Å². The molecule has 0 aliphatic rings. The van der Waals surface area contributed by atoms with Gasteiger partial charge in [0.25, 0.3) is 0 Å². The van der Waals surface area contributed by atoms with Gasteiger partial charge in [-0.05, 0) is 0 Å². The number of carbonyl (C=O) groups excluding carboxylic acids is 1. The molecule has 0 rings (SSSR count). The SMILES string of the molecule is Cl.Cl.O=C(O)C(=O)C(=O)O. The number of carboxylic acids is 2. The molecular formula is C3H4Cl2O5. The number of rotatable bonds is 2. The maximum Gasteiger partial charge on any atom is 0.384 e. The maximum absolute atomic E-state index is 9.64. The molecule has 0 aromatic heterocycles. The average Bonchev–Trinajstić information content (AvgIpc) is 1.64. The number of carbonyl (C=O) groups is 3. The molecule has 0 saturated carbocycles. The predicted molar refractivity (Wildman–Crippen MR) is 34.8 cm³/mol. The summed E-state index contributed by atoms with van der Waals surface area (Å²) in [6, 6.07) is 0. The van der Waals surface area contributed by atoms with Crippen molar-refractivity contribution in [2.45, 2.75) is 0 Å². The van der Waals surface area contributed by atoms with Crippen LogP contribution in [0.5, 0.6) is 0 Å². The molecule has 0 aromatic rings. The van der Waals surface area contributed by atoms with Crippen molar-refractivity contribution in [3.05, 3.63) is 0 Å². The van der Waals surface area contributed by atoms with Crippen molar-refractivity contribution in [1.29, 1.82) is 0 Å². The van der Waals surface area contributed by atoms with Crippen LogP contribution in [0.15, 0.2) is 0 Å². The summed E-state index contributed by atoms with van der Waals surface area (Å²) in [5.74, 6) is -5.71. The highest BCUT2D eigenvalue weighted by Crippen LogP contribution is 1.69. The van der Waals surface area contributed by atoms with E-state index in [4.69, 9.17) is 10.2 Å². The van der Waals surface area contributed by atoms with Gasteiger partial charge < -0.3 is 10.2 Å². The number of carboxylic acid groups (broad SMARTS) is 2. The van der Waals surface area contributed by atoms with Gasteiger partial charge in [-0.25, -0.2) is 9.59 Å². The van der Waals surface area contributed by atoms with Gasteiger partial charge in [-0.1, -0.05) is 0 Å². The molecule has 0 aliphatic heterocycles. The van der Waals surface area contributed by atoms with E-state index in [-0.39, 0.29) is 24.8 Å². The van der Waals surface area contributed by atoms with E-state index in [1.54, 1.807) is 0 Å². The average molecular weight is 191 g/mol. The molecule has 0 heterocycles. The summed E-state index contributed by atoms with van der Waals surface area (Å²) in [5, 5.41) is 15.2. The summed E-state index contributed by atoms with van der Waals surface area (Å²) in [7, 11) is 0. The third-order valence-electron chi connectivity index (χ3n) is 0.388. The van der Waals surface area contributed by atoms with Crippen LogP contribution in [0.3, 0.4) is 0 Å². The van der Waals surface area contributed by atoms with Crippen molar-refractivity contribution >= 4 is 42.5 Å². The van der Waals surface area contributed by atoms with Gasteiger partial charge in [-0.2, -0.15) is 0 Å². The quantitative estimate of drug-likeness (QED) is 0.456. The van der Waals surface area contributed by atoms with Crippen molar-refractivity contribution in [2.75, 3.05) is 0 Å². The molecule has 0 radical (unpaired) electrons. The van der Waals surface area contributed by atoms with Crippen LogP contribution in [0.2, 0.25) is 0 Å². The summed E-state index contributed by atoms with van der Waals surface area (Å²) in [4.78, 5) is 28.5. The Labute approximate surface area is 67.8 Å². The predicted octanol–water partition coefficient (Wildman–Crippen LogP) is -0.432. The number of halogens is 2. The van der Waals surface area contributed by atoms with Gasteiger partial charge >= 0.3 is 17.7 Å². The zero-order valence-corrected chi connectivity index (χ0v) is 6.07. The highest BCUT2D eigenvalue weighted by Gasteiger charge is 2.19. The molecule has 0 aromatic carbocycles. The Kier molecular flexibility index (Phi) is 10.2. The van der Waals surface area contributed by atoms with Crippen LogP contribution in [0, 0.1) is 0 Å². The molecule has 60 valence electrons. The van der Waals surface area contributed by atoms with E-state index in [9.17, 15) is 14.4 Å². The fourth-order valence-electron chi connectivity index (χ4n) is 0.0915. The van der Waals surface area contributed by atoms with Crippen LogP contribution < -0.4 is 0 Å². The van der Waals surface area contributed by atoms with Gasteiger partial charge in [0.15, 0.2) is 0 Å². The lowest BCUT2D eigenvalue weighted by atomic mass is 10.4. The second-order valence-electron chi connectivity index (χ2n) is 0.939. The molecule has 0 aliphatic carbocycles. The molecule has 0 amide bonds. The molecule has 7 heteroatoms. The Bertz CT molecular complexity index is 137. The van der Waals surface area contributed by atoms with Crippen LogP contribution in [0.4, 0.5) is 0 Å². The van der Waals surface area contributed by atoms with Crippen molar-refractivity contribution in [3.8, 4) is 0 Å². The first-order chi connectivity index (χ1) is 3.55. The molecule has 0 fully saturated rings. The number of ketones is 1. The Morgan fingerprint density at radius 1 is 0.800 bits per heavy atom. The van der Waals surface area contributed by atoms with E-state index >= 15 is 0 Å². The minimum absolute atomic E-state index is 0. The Balaban J connectivity index is -0.000000245. The van der Waals surface area contributed by atoms with Crippen LogP contribution in [0.1, 0.15) is 0 Å². The Morgan fingerprint density at radius 2 is 1.00 bits per heavy atom. The van der Waals surface area contributed by atoms with E-state index in [1.165, 1.54) is 0 Å². The summed E-state index contributed by atoms with van der Waals surface area (Å²) >= 11 is 0. The molecule has 0 saturated heterocycles. The molecule has 2 N–H and O–H groups in total. The van der Waals surface area contributed by atoms with Gasteiger partial charge in [0.2, 0.25) is 0 Å². The lowest BCUT2D eigenvalue weighted by Crippen LogP contribution is -2.22. The van der Waals surface area contributed by atoms with E-state index in [1.807, 2.05) is 0 Å². The van der Waals surface area contributed by atoms with Crippen LogP contribution in [0.25, 0.3) is 0 Å². The maximum atomic E-state index is 9.64. The molecule has 0 bridgehead atoms. The fraction of sp³-hybridized carbons (Fsp3) is 0. The Hall–Kier alpha value is -0.810. The smallest absolute Gasteiger partial charge is 0.384 e. The van der Waals surface area contributed by atoms with Crippen LogP contribution in [-0.4, -0.2) is 27.9 Å². The van der Waals surface area contributed by atoms with Gasteiger partial charge in [0, 0.05) is 0 Å². The third-order valence-corrected chi connectivity index (χ3v) is 0.388. The molecule has 5 nitrogen and oxygen atoms in total. The number of hydrogen-bond donors (Lipinski definition) is 2. The van der Waals surface area contributed by atoms with Crippen molar-refractivity contribution in [3.63, 3.8) is 0 Å². The first-order valence-electron chi connectivity index (χ1n) is 1.56. The minimum atomic E-state index is -1.95. The van der Waals surface area contributed by atoms with Crippen molar-refractivity contribution in [2.24, 2.45) is 0 Å². The zero-order chi connectivity index (χ0) is 6.73. The summed E-state index contributed by atoms with van der Waals surface area (Å²) in [6.07, 6.45) is 0. The van der Waals surface area contributed by atoms with Gasteiger partial charge in [0.05, 0.1) is 0 Å². The molecule has 0 atom stereocenters. The van der Waals surface area contributed by atoms with Gasteiger partial charge in [0.1, 0.15) is 0 Å². The van der Waals surface area contributed by atoms with Crippen molar-refractivity contribution < 1.29 is 24.6 Å². The first-order valence-corrected chi connectivity index (χ1v) is 1.56.